The molecule has 4 heterocycles. The van der Waals surface area contributed by atoms with Crippen molar-refractivity contribution in [3.05, 3.63) is 55.7 Å². The SMILES string of the molecule is CSC(=C(C#N)C#N)N1CCc2nc(N3CCN(CC4CN(C)CCO4)CC3)nc(NCc3ccc(Cl)cc3Cl)c2C1. The molecule has 5 rings (SSSR count). The van der Waals surface area contributed by atoms with Gasteiger partial charge in [0.25, 0.3) is 0 Å². The summed E-state index contributed by atoms with van der Waals surface area (Å²) in [6.07, 6.45) is 2.82. The van der Waals surface area contributed by atoms with E-state index < -0.39 is 0 Å². The van der Waals surface area contributed by atoms with Crippen molar-refractivity contribution in [2.45, 2.75) is 25.6 Å². The second kappa shape index (κ2) is 14.1. The summed E-state index contributed by atoms with van der Waals surface area (Å²) in [6.45, 7) is 8.84. The maximum atomic E-state index is 9.52. The van der Waals surface area contributed by atoms with E-state index in [-0.39, 0.29) is 11.7 Å². The number of fused-ring (bicyclic) bond motifs is 1. The van der Waals surface area contributed by atoms with Crippen LogP contribution in [0.2, 0.25) is 10.0 Å². The molecular weight excluding hydrogens is 593 g/mol. The number of morpholine rings is 1. The fraction of sp³-hybridized carbons (Fsp3) is 0.517. The molecule has 42 heavy (non-hydrogen) atoms. The Hall–Kier alpha value is -2.77. The molecule has 0 aliphatic carbocycles. The first-order valence-corrected chi connectivity index (χ1v) is 16.0. The topological polar surface area (TPSA) is 108 Å². The van der Waals surface area contributed by atoms with Crippen molar-refractivity contribution in [2.24, 2.45) is 0 Å². The summed E-state index contributed by atoms with van der Waals surface area (Å²) in [4.78, 5) is 19.2. The highest BCUT2D eigenvalue weighted by atomic mass is 35.5. The molecule has 1 aromatic carbocycles. The Labute approximate surface area is 261 Å². The number of ether oxygens (including phenoxy) is 1. The quantitative estimate of drug-likeness (QED) is 0.431. The molecule has 3 aliphatic rings. The second-order valence-corrected chi connectivity index (χ2v) is 12.3. The number of rotatable bonds is 8. The number of nitriles is 2. The van der Waals surface area contributed by atoms with Gasteiger partial charge in [0.05, 0.1) is 23.4 Å². The smallest absolute Gasteiger partial charge is 0.227 e. The third-order valence-electron chi connectivity index (χ3n) is 7.89. The summed E-state index contributed by atoms with van der Waals surface area (Å²) < 4.78 is 5.99. The first-order valence-electron chi connectivity index (χ1n) is 14.1. The van der Waals surface area contributed by atoms with E-state index in [9.17, 15) is 10.5 Å². The van der Waals surface area contributed by atoms with E-state index in [1.54, 1.807) is 6.07 Å². The van der Waals surface area contributed by atoms with Gasteiger partial charge >= 0.3 is 0 Å². The maximum Gasteiger partial charge on any atom is 0.227 e. The van der Waals surface area contributed by atoms with Crippen LogP contribution in [0.4, 0.5) is 11.8 Å². The Kier molecular flexibility index (Phi) is 10.3. The van der Waals surface area contributed by atoms with E-state index in [0.29, 0.717) is 41.1 Å². The highest BCUT2D eigenvalue weighted by Crippen LogP contribution is 2.33. The zero-order valence-electron chi connectivity index (χ0n) is 23.9. The number of allylic oxidation sites excluding steroid dienone is 1. The molecule has 3 aliphatic heterocycles. The van der Waals surface area contributed by atoms with Gasteiger partial charge in [0, 0.05) is 87.5 Å². The molecule has 0 spiro atoms. The van der Waals surface area contributed by atoms with Gasteiger partial charge in [-0.3, -0.25) is 4.90 Å². The molecule has 1 N–H and O–H groups in total. The number of nitrogens with one attached hydrogen (secondary N) is 1. The molecule has 10 nitrogen and oxygen atoms in total. The lowest BCUT2D eigenvalue weighted by molar-refractivity contribution is -0.0361. The van der Waals surface area contributed by atoms with Gasteiger partial charge in [-0.25, -0.2) is 4.98 Å². The Morgan fingerprint density at radius 1 is 1.12 bits per heavy atom. The molecule has 1 unspecified atom stereocenters. The van der Waals surface area contributed by atoms with Crippen LogP contribution in [-0.4, -0.2) is 103 Å². The number of halogens is 2. The fourth-order valence-electron chi connectivity index (χ4n) is 5.61. The standard InChI is InChI=1S/C29H35Cl2N9OS/c1-37-11-12-41-23(17-37)18-38-7-9-39(10-8-38)29-35-26-5-6-40(28(42-2)21(14-32)15-33)19-24(26)27(36-29)34-16-20-3-4-22(30)13-25(20)31/h3-4,13,23H,5-12,16-19H2,1-2H3,(H,34,35,36). The second-order valence-electron chi connectivity index (χ2n) is 10.7. The first-order chi connectivity index (χ1) is 20.4. The zero-order valence-corrected chi connectivity index (χ0v) is 26.3. The van der Waals surface area contributed by atoms with Crippen LogP contribution < -0.4 is 10.2 Å². The number of hydrogen-bond acceptors (Lipinski definition) is 11. The van der Waals surface area contributed by atoms with Crippen LogP contribution in [0.3, 0.4) is 0 Å². The number of benzene rings is 1. The Balaban J connectivity index is 1.36. The van der Waals surface area contributed by atoms with Crippen molar-refractivity contribution in [1.82, 2.24) is 24.7 Å². The summed E-state index contributed by atoms with van der Waals surface area (Å²) in [5.41, 5.74) is 2.98. The molecule has 0 radical (unpaired) electrons. The minimum absolute atomic E-state index is 0.120. The molecule has 1 atom stereocenters. The molecule has 0 bridgehead atoms. The van der Waals surface area contributed by atoms with E-state index in [1.807, 2.05) is 30.5 Å². The number of aromatic nitrogens is 2. The molecular formula is C29H35Cl2N9OS. The summed E-state index contributed by atoms with van der Waals surface area (Å²) in [7, 11) is 2.15. The molecule has 2 fully saturated rings. The number of anilines is 2. The average molecular weight is 629 g/mol. The number of nitrogens with zero attached hydrogens (tertiary/aromatic N) is 8. The van der Waals surface area contributed by atoms with Crippen LogP contribution in [0.25, 0.3) is 0 Å². The van der Waals surface area contributed by atoms with Crippen molar-refractivity contribution in [1.29, 1.82) is 10.5 Å². The van der Waals surface area contributed by atoms with Gasteiger partial charge in [0.2, 0.25) is 5.95 Å². The van der Waals surface area contributed by atoms with Gasteiger partial charge < -0.3 is 24.8 Å². The summed E-state index contributed by atoms with van der Waals surface area (Å²) in [5, 5.41) is 24.4. The third kappa shape index (κ3) is 7.23. The van der Waals surface area contributed by atoms with Gasteiger partial charge in [0.15, 0.2) is 5.57 Å². The average Bonchev–Trinajstić information content (AvgIpc) is 2.99. The summed E-state index contributed by atoms with van der Waals surface area (Å²) in [6, 6.07) is 9.55. The predicted octanol–water partition coefficient (Wildman–Crippen LogP) is 3.83. The molecule has 2 aromatic rings. The number of hydrogen-bond donors (Lipinski definition) is 1. The summed E-state index contributed by atoms with van der Waals surface area (Å²) >= 11 is 14.0. The minimum atomic E-state index is 0.120. The van der Waals surface area contributed by atoms with Gasteiger partial charge in [-0.2, -0.15) is 15.5 Å². The highest BCUT2D eigenvalue weighted by Gasteiger charge is 2.29. The van der Waals surface area contributed by atoms with E-state index in [2.05, 4.69) is 32.0 Å². The highest BCUT2D eigenvalue weighted by molar-refractivity contribution is 8.02. The largest absolute Gasteiger partial charge is 0.374 e. The lowest BCUT2D eigenvalue weighted by Crippen LogP contribution is -2.52. The van der Waals surface area contributed by atoms with E-state index in [4.69, 9.17) is 37.9 Å². The third-order valence-corrected chi connectivity index (χ3v) is 9.32. The number of likely N-dealkylation sites (N-methyl/N-ethyl adjacent to an activating group) is 1. The molecule has 2 saturated heterocycles. The van der Waals surface area contributed by atoms with E-state index in [0.717, 1.165) is 81.0 Å². The van der Waals surface area contributed by atoms with E-state index >= 15 is 0 Å². The zero-order chi connectivity index (χ0) is 29.6. The molecule has 222 valence electrons. The number of piperazine rings is 1. The minimum Gasteiger partial charge on any atom is -0.374 e. The monoisotopic (exact) mass is 627 g/mol. The maximum absolute atomic E-state index is 9.52. The molecule has 1 aromatic heterocycles. The van der Waals surface area contributed by atoms with Gasteiger partial charge in [-0.05, 0) is 31.0 Å². The van der Waals surface area contributed by atoms with Crippen molar-refractivity contribution < 1.29 is 4.74 Å². The normalized spacial score (nSPS) is 19.5. The Morgan fingerprint density at radius 2 is 1.90 bits per heavy atom. The van der Waals surface area contributed by atoms with Gasteiger partial charge in [0.1, 0.15) is 18.0 Å². The van der Waals surface area contributed by atoms with Crippen molar-refractivity contribution in [3.63, 3.8) is 0 Å². The Morgan fingerprint density at radius 3 is 2.60 bits per heavy atom. The van der Waals surface area contributed by atoms with Crippen molar-refractivity contribution >= 4 is 46.7 Å². The molecule has 13 heteroatoms. The predicted molar refractivity (Wildman–Crippen MR) is 168 cm³/mol. The van der Waals surface area contributed by atoms with Crippen molar-refractivity contribution in [2.75, 3.05) is 82.5 Å². The van der Waals surface area contributed by atoms with Crippen LogP contribution in [0.15, 0.2) is 28.8 Å². The first kappa shape index (κ1) is 30.7. The van der Waals surface area contributed by atoms with Gasteiger partial charge in [-0.15, -0.1) is 11.8 Å². The fourth-order valence-corrected chi connectivity index (χ4v) is 6.80. The van der Waals surface area contributed by atoms with Crippen LogP contribution >= 0.6 is 35.0 Å². The molecule has 0 amide bonds. The van der Waals surface area contributed by atoms with Crippen LogP contribution in [0.1, 0.15) is 16.8 Å². The van der Waals surface area contributed by atoms with Crippen molar-refractivity contribution in [3.8, 4) is 12.1 Å². The lowest BCUT2D eigenvalue weighted by atomic mass is 10.1. The van der Waals surface area contributed by atoms with Crippen LogP contribution in [-0.2, 0) is 24.2 Å². The summed E-state index contributed by atoms with van der Waals surface area (Å²) in [5.74, 6) is 1.46. The van der Waals surface area contributed by atoms with Gasteiger partial charge in [-0.1, -0.05) is 29.3 Å². The molecule has 0 saturated carbocycles. The van der Waals surface area contributed by atoms with E-state index in [1.165, 1.54) is 11.8 Å². The Bertz CT molecular complexity index is 1380. The number of thioether (sulfide) groups is 1. The van der Waals surface area contributed by atoms with Crippen LogP contribution in [0, 0.1) is 22.7 Å². The van der Waals surface area contributed by atoms with Crippen LogP contribution in [0.5, 0.6) is 0 Å². The lowest BCUT2D eigenvalue weighted by Gasteiger charge is -2.39.